The van der Waals surface area contributed by atoms with Crippen LogP contribution in [0.1, 0.15) is 13.3 Å². The van der Waals surface area contributed by atoms with E-state index in [1.807, 2.05) is 37.3 Å². The van der Waals surface area contributed by atoms with Crippen molar-refractivity contribution in [2.75, 3.05) is 6.61 Å². The molecule has 5 heteroatoms. The van der Waals surface area contributed by atoms with Crippen LogP contribution >= 0.6 is 18.2 Å². The van der Waals surface area contributed by atoms with E-state index in [4.69, 9.17) is 9.05 Å². The summed E-state index contributed by atoms with van der Waals surface area (Å²) in [6.07, 6.45) is 0.820. The summed E-state index contributed by atoms with van der Waals surface area (Å²) >= 11 is 1.18. The number of hydrogen-bond donors (Lipinski definition) is 0. The zero-order valence-corrected chi connectivity index (χ0v) is 10.2. The molecule has 1 heterocycles. The molecule has 0 N–H and O–H groups in total. The van der Waals surface area contributed by atoms with Crippen LogP contribution in [0.4, 0.5) is 0 Å². The van der Waals surface area contributed by atoms with Crippen molar-refractivity contribution in [2.24, 2.45) is 0 Å². The van der Waals surface area contributed by atoms with E-state index in [2.05, 4.69) is 0 Å². The predicted octanol–water partition coefficient (Wildman–Crippen LogP) is 3.71. The van der Waals surface area contributed by atoms with Crippen molar-refractivity contribution in [3.63, 3.8) is 0 Å². The van der Waals surface area contributed by atoms with Gasteiger partial charge in [-0.3, -0.25) is 4.52 Å². The summed E-state index contributed by atoms with van der Waals surface area (Å²) in [5, 5.41) is 0. The number of benzene rings is 1. The Bertz CT molecular complexity index is 368. The molecule has 1 aliphatic heterocycles. The molecule has 1 aromatic rings. The molecular weight excluding hydrogens is 231 g/mol. The van der Waals surface area contributed by atoms with Gasteiger partial charge in [-0.1, -0.05) is 18.2 Å². The average molecular weight is 244 g/mol. The first-order chi connectivity index (χ1) is 7.18. The maximum absolute atomic E-state index is 12.1. The average Bonchev–Trinajstić information content (AvgIpc) is 2.18. The lowest BCUT2D eigenvalue weighted by Gasteiger charge is -2.26. The fraction of sp³-hybridized carbons (Fsp3) is 0.400. The normalized spacial score (nSPS) is 31.4. The molecule has 15 heavy (non-hydrogen) atoms. The maximum Gasteiger partial charge on any atom is 0.394 e. The van der Waals surface area contributed by atoms with Gasteiger partial charge in [-0.15, -0.1) is 0 Å². The van der Waals surface area contributed by atoms with Crippen molar-refractivity contribution in [3.8, 4) is 0 Å². The third kappa shape index (κ3) is 3.08. The second-order valence-corrected chi connectivity index (χ2v) is 7.30. The lowest BCUT2D eigenvalue weighted by molar-refractivity contribution is 0.104. The minimum absolute atomic E-state index is 0.0146. The fourth-order valence-corrected chi connectivity index (χ4v) is 4.95. The summed E-state index contributed by atoms with van der Waals surface area (Å²) < 4.78 is 22.7. The molecule has 0 aromatic heterocycles. The van der Waals surface area contributed by atoms with Crippen molar-refractivity contribution >= 4 is 18.2 Å². The van der Waals surface area contributed by atoms with Gasteiger partial charge in [0.05, 0.1) is 12.7 Å². The van der Waals surface area contributed by atoms with Gasteiger partial charge in [0.15, 0.2) is 0 Å². The van der Waals surface area contributed by atoms with E-state index in [-0.39, 0.29) is 6.10 Å². The number of rotatable bonds is 2. The molecule has 82 valence electrons. The monoisotopic (exact) mass is 244 g/mol. The van der Waals surface area contributed by atoms with Gasteiger partial charge in [0, 0.05) is 4.90 Å². The highest BCUT2D eigenvalue weighted by molar-refractivity contribution is 8.55. The Hall–Kier alpha value is -0.280. The largest absolute Gasteiger partial charge is 0.394 e. The smallest absolute Gasteiger partial charge is 0.300 e. The van der Waals surface area contributed by atoms with Crippen molar-refractivity contribution < 1.29 is 13.6 Å². The SMILES string of the molecule is CC1CCOP(=O)(Sc2ccccc2)O1. The van der Waals surface area contributed by atoms with E-state index in [0.29, 0.717) is 6.61 Å². The molecule has 1 saturated heterocycles. The summed E-state index contributed by atoms with van der Waals surface area (Å²) in [5.41, 5.74) is 0. The Morgan fingerprint density at radius 1 is 1.40 bits per heavy atom. The second kappa shape index (κ2) is 4.71. The van der Waals surface area contributed by atoms with Crippen molar-refractivity contribution in [2.45, 2.75) is 24.3 Å². The molecule has 0 aliphatic carbocycles. The molecule has 0 bridgehead atoms. The first-order valence-electron chi connectivity index (χ1n) is 4.86. The lowest BCUT2D eigenvalue weighted by atomic mass is 10.3. The highest BCUT2D eigenvalue weighted by Crippen LogP contribution is 2.65. The van der Waals surface area contributed by atoms with Gasteiger partial charge in [-0.05, 0) is 36.9 Å². The van der Waals surface area contributed by atoms with Crippen molar-refractivity contribution in [1.29, 1.82) is 0 Å². The molecule has 3 nitrogen and oxygen atoms in total. The van der Waals surface area contributed by atoms with Crippen molar-refractivity contribution in [3.05, 3.63) is 30.3 Å². The Morgan fingerprint density at radius 2 is 2.13 bits per heavy atom. The van der Waals surface area contributed by atoms with Crippen LogP contribution in [-0.2, 0) is 13.6 Å². The molecule has 2 unspecified atom stereocenters. The lowest BCUT2D eigenvalue weighted by Crippen LogP contribution is -2.15. The van der Waals surface area contributed by atoms with Gasteiger partial charge >= 0.3 is 6.80 Å². The topological polar surface area (TPSA) is 35.5 Å². The van der Waals surface area contributed by atoms with E-state index in [1.165, 1.54) is 11.4 Å². The van der Waals surface area contributed by atoms with Gasteiger partial charge < -0.3 is 4.52 Å². The minimum atomic E-state index is -2.97. The first kappa shape index (κ1) is 11.2. The highest BCUT2D eigenvalue weighted by atomic mass is 32.7. The summed E-state index contributed by atoms with van der Waals surface area (Å²) in [6.45, 7) is -0.545. The van der Waals surface area contributed by atoms with Crippen molar-refractivity contribution in [1.82, 2.24) is 0 Å². The quantitative estimate of drug-likeness (QED) is 0.743. The minimum Gasteiger partial charge on any atom is -0.300 e. The summed E-state index contributed by atoms with van der Waals surface area (Å²) in [5.74, 6) is 0. The highest BCUT2D eigenvalue weighted by Gasteiger charge is 2.32. The van der Waals surface area contributed by atoms with Crippen LogP contribution in [0.15, 0.2) is 35.2 Å². The molecule has 0 radical (unpaired) electrons. The van der Waals surface area contributed by atoms with Crippen LogP contribution in [0.25, 0.3) is 0 Å². The Kier molecular flexibility index (Phi) is 3.52. The molecular formula is C10H13O3PS. The van der Waals surface area contributed by atoms with Gasteiger partial charge in [-0.25, -0.2) is 4.57 Å². The molecule has 2 rings (SSSR count). The third-order valence-electron chi connectivity index (χ3n) is 2.04. The standard InChI is InChI=1S/C10H13O3PS/c1-9-7-8-12-14(11,13-9)15-10-5-3-2-4-6-10/h2-6,9H,7-8H2,1H3. The zero-order chi connectivity index (χ0) is 10.7. The molecule has 1 aliphatic rings. The third-order valence-corrected chi connectivity index (χ3v) is 5.74. The van der Waals surface area contributed by atoms with Crippen LogP contribution in [-0.4, -0.2) is 12.7 Å². The number of hydrogen-bond acceptors (Lipinski definition) is 4. The second-order valence-electron chi connectivity index (χ2n) is 3.39. The van der Waals surface area contributed by atoms with Gasteiger partial charge in [0.2, 0.25) is 0 Å². The van der Waals surface area contributed by atoms with Crippen LogP contribution in [0, 0.1) is 0 Å². The van der Waals surface area contributed by atoms with Gasteiger partial charge in [0.1, 0.15) is 0 Å². The van der Waals surface area contributed by atoms with E-state index >= 15 is 0 Å². The van der Waals surface area contributed by atoms with E-state index in [0.717, 1.165) is 11.3 Å². The van der Waals surface area contributed by atoms with Gasteiger partial charge in [-0.2, -0.15) is 0 Å². The summed E-state index contributed by atoms with van der Waals surface area (Å²) in [6, 6.07) is 9.53. The Labute approximate surface area is 93.4 Å². The Balaban J connectivity index is 2.07. The summed E-state index contributed by atoms with van der Waals surface area (Å²) in [4.78, 5) is 0.912. The molecule has 2 atom stereocenters. The van der Waals surface area contributed by atoms with Crippen LogP contribution in [0.2, 0.25) is 0 Å². The first-order valence-corrected chi connectivity index (χ1v) is 7.82. The van der Waals surface area contributed by atoms with E-state index in [9.17, 15) is 4.57 Å². The van der Waals surface area contributed by atoms with E-state index < -0.39 is 6.80 Å². The van der Waals surface area contributed by atoms with Crippen LogP contribution in [0.5, 0.6) is 0 Å². The summed E-state index contributed by atoms with van der Waals surface area (Å²) in [7, 11) is 0. The molecule has 0 amide bonds. The predicted molar refractivity (Wildman–Crippen MR) is 61.0 cm³/mol. The molecule has 0 saturated carbocycles. The maximum atomic E-state index is 12.1. The van der Waals surface area contributed by atoms with E-state index in [1.54, 1.807) is 0 Å². The zero-order valence-electron chi connectivity index (χ0n) is 8.46. The fourth-order valence-electron chi connectivity index (χ4n) is 1.29. The molecule has 1 fully saturated rings. The Morgan fingerprint density at radius 3 is 2.80 bits per heavy atom. The van der Waals surface area contributed by atoms with Crippen LogP contribution < -0.4 is 0 Å². The molecule has 0 spiro atoms. The van der Waals surface area contributed by atoms with Gasteiger partial charge in [0.25, 0.3) is 0 Å². The molecule has 1 aromatic carbocycles. The van der Waals surface area contributed by atoms with Crippen LogP contribution in [0.3, 0.4) is 0 Å².